The minimum absolute atomic E-state index is 0.0114. The molecule has 0 saturated carbocycles. The van der Waals surface area contributed by atoms with Gasteiger partial charge in [0, 0.05) is 35.2 Å². The van der Waals surface area contributed by atoms with Crippen LogP contribution in [-0.2, 0) is 50.4 Å². The second-order valence-electron chi connectivity index (χ2n) is 20.7. The van der Waals surface area contributed by atoms with E-state index in [1.165, 1.54) is 24.3 Å². The SMILES string of the molecule is NC1C(=O)NC2Cc3ccc(c(Cl)c3)Oc3cc4cc(c3O)Oc3ccc(cc3Cl)C(O)C3NC(=O)C(NC(=O)C4NC(=O)C(NC2=O)c2cc(cc(OS(=O)(=O)O)c2)Oc2cc1ccc2O)c1cc(Cl)c(O)c(c1)-c1c(O)cc(O)cc1C(C(=O)O)NC3=O. The third-order valence-corrected chi connectivity index (χ3v) is 16.0. The molecule has 17 bridgehead atoms. The van der Waals surface area contributed by atoms with Crippen molar-refractivity contribution in [2.24, 2.45) is 5.73 Å². The third-order valence-electron chi connectivity index (χ3n) is 14.7. The van der Waals surface area contributed by atoms with Crippen molar-refractivity contribution >= 4 is 86.6 Å². The Labute approximate surface area is 520 Å². The molecular weight excluding hydrogens is 1270 g/mol. The van der Waals surface area contributed by atoms with E-state index < -0.39 is 203 Å². The van der Waals surface area contributed by atoms with Gasteiger partial charge in [-0.15, -0.1) is 0 Å². The topological polar surface area (TPSA) is 451 Å². The van der Waals surface area contributed by atoms with Gasteiger partial charge in [0.1, 0.15) is 82.6 Å². The Morgan fingerprint density at radius 1 is 0.544 bits per heavy atom. The molecular formula is C58H44Cl3N7O21S. The Bertz CT molecular complexity index is 4390. The van der Waals surface area contributed by atoms with Gasteiger partial charge >= 0.3 is 16.4 Å². The van der Waals surface area contributed by atoms with Crippen LogP contribution in [0.15, 0.2) is 109 Å². The van der Waals surface area contributed by atoms with Gasteiger partial charge in [-0.3, -0.25) is 33.3 Å². The standard InChI is InChI=1S/C58H44Cl3N7O21S/c59-31-7-20-1-5-37(31)87-40-15-25-16-41(51(40)74)88-38-6-3-22(12-32(38)60)49(72)48-57(80)67-47(58(81)82)29-17-26(69)18-36(71)42(29)30-11-24(13-33(61)50(30)73)45(56(79)68-48)65-55(78)46(25)66-54(77)44-23-9-27(19-28(10-23)89-90(83,84)85)86-39-14-21(2-4-35(39)70)43(62)53(76)63-34(8-20)52(75)64-44/h1-7,9-19,34,43-49,69-74H,8,62H2,(H,63,76)(H,64,75)(H,65,78)(H,66,77)(H,67,80)(H,68,79)(H,81,82)(H,83,84,85). The number of carboxylic acids is 1. The van der Waals surface area contributed by atoms with Crippen LogP contribution in [0.5, 0.6) is 69.0 Å². The van der Waals surface area contributed by atoms with Gasteiger partial charge in [-0.05, 0) is 112 Å². The minimum atomic E-state index is -5.42. The first-order valence-electron chi connectivity index (χ1n) is 26.3. The Balaban J connectivity index is 1.17. The molecule has 13 rings (SSSR count). The number of carboxylic acid groups (broad SMARTS) is 1. The van der Waals surface area contributed by atoms with Crippen molar-refractivity contribution in [2.45, 2.75) is 54.8 Å². The summed E-state index contributed by atoms with van der Waals surface area (Å²) in [6, 6.07) is 4.39. The highest BCUT2D eigenvalue weighted by Gasteiger charge is 2.42. The summed E-state index contributed by atoms with van der Waals surface area (Å²) in [4.78, 5) is 104. The van der Waals surface area contributed by atoms with Gasteiger partial charge in [0.25, 0.3) is 0 Å². The van der Waals surface area contributed by atoms with Crippen LogP contribution in [0.2, 0.25) is 15.1 Å². The molecule has 8 unspecified atom stereocenters. The molecule has 0 aromatic heterocycles. The van der Waals surface area contributed by atoms with Crippen molar-refractivity contribution in [3.8, 4) is 80.1 Å². The van der Waals surface area contributed by atoms with E-state index in [4.69, 9.17) is 58.9 Å². The lowest BCUT2D eigenvalue weighted by atomic mass is 9.89. The maximum absolute atomic E-state index is 15.8. The molecule has 16 N–H and O–H groups in total. The fourth-order valence-electron chi connectivity index (χ4n) is 10.4. The molecule has 0 fully saturated rings. The van der Waals surface area contributed by atoms with Crippen LogP contribution < -0.4 is 56.0 Å². The number of phenolic OH excluding ortho intramolecular Hbond substituents is 5. The Hall–Kier alpha value is -10.3. The van der Waals surface area contributed by atoms with E-state index in [-0.39, 0.29) is 38.2 Å². The van der Waals surface area contributed by atoms with Crippen LogP contribution in [0, 0.1) is 0 Å². The molecule has 7 aromatic carbocycles. The number of carbonyl (C=O) groups excluding carboxylic acids is 6. The van der Waals surface area contributed by atoms with Gasteiger partial charge in [0.2, 0.25) is 41.2 Å². The molecule has 0 radical (unpaired) electrons. The molecule has 0 spiro atoms. The normalized spacial score (nSPS) is 21.6. The monoisotopic (exact) mass is 1310 g/mol. The molecule has 90 heavy (non-hydrogen) atoms. The number of ether oxygens (including phenoxy) is 3. The van der Waals surface area contributed by atoms with Crippen LogP contribution in [-0.4, -0.2) is 102 Å². The second kappa shape index (κ2) is 23.7. The first-order valence-corrected chi connectivity index (χ1v) is 28.8. The van der Waals surface area contributed by atoms with Crippen LogP contribution in [0.1, 0.15) is 75.3 Å². The Kier molecular flexibility index (Phi) is 16.2. The van der Waals surface area contributed by atoms with E-state index in [0.29, 0.717) is 0 Å². The Morgan fingerprint density at radius 3 is 1.76 bits per heavy atom. The summed E-state index contributed by atoms with van der Waals surface area (Å²) in [5, 5.41) is 92.9. The number of phenols is 5. The summed E-state index contributed by atoms with van der Waals surface area (Å²) in [7, 11) is -5.42. The van der Waals surface area contributed by atoms with Crippen LogP contribution in [0.25, 0.3) is 11.1 Å². The highest BCUT2D eigenvalue weighted by Crippen LogP contribution is 2.49. The number of benzene rings is 7. The van der Waals surface area contributed by atoms with Gasteiger partial charge in [0.05, 0.1) is 15.1 Å². The zero-order valence-electron chi connectivity index (χ0n) is 45.2. The summed E-state index contributed by atoms with van der Waals surface area (Å²) >= 11 is 20.3. The van der Waals surface area contributed by atoms with Crippen molar-refractivity contribution < 1.29 is 101 Å². The van der Waals surface area contributed by atoms with Gasteiger partial charge in [0.15, 0.2) is 29.0 Å². The second-order valence-corrected chi connectivity index (χ2v) is 23.0. The first-order chi connectivity index (χ1) is 42.6. The van der Waals surface area contributed by atoms with E-state index in [9.17, 15) is 63.1 Å². The van der Waals surface area contributed by atoms with Gasteiger partial charge in [-0.25, -0.2) is 4.79 Å². The fraction of sp³-hybridized carbons (Fsp3) is 0.155. The molecule has 28 nitrogen and oxygen atoms in total. The summed E-state index contributed by atoms with van der Waals surface area (Å²) < 4.78 is 57.8. The van der Waals surface area contributed by atoms with E-state index in [0.717, 1.165) is 84.9 Å². The predicted molar refractivity (Wildman–Crippen MR) is 310 cm³/mol. The summed E-state index contributed by atoms with van der Waals surface area (Å²) in [5.74, 6) is -17.1. The number of hydrogen-bond donors (Lipinski definition) is 15. The van der Waals surface area contributed by atoms with Gasteiger partial charge in [-0.1, -0.05) is 53.0 Å². The maximum atomic E-state index is 15.8. The zero-order valence-corrected chi connectivity index (χ0v) is 48.3. The maximum Gasteiger partial charge on any atom is 0.446 e. The van der Waals surface area contributed by atoms with Crippen molar-refractivity contribution in [3.05, 3.63) is 163 Å². The van der Waals surface area contributed by atoms with Gasteiger partial charge < -0.3 is 91.8 Å². The number of halogens is 3. The van der Waals surface area contributed by atoms with E-state index in [1.54, 1.807) is 0 Å². The molecule has 32 heteroatoms. The lowest BCUT2D eigenvalue weighted by molar-refractivity contribution is -0.143. The fourth-order valence-corrected chi connectivity index (χ4v) is 11.5. The van der Waals surface area contributed by atoms with E-state index in [1.807, 2.05) is 0 Å². The summed E-state index contributed by atoms with van der Waals surface area (Å²) in [5.41, 5.74) is 3.28. The number of carbonyl (C=O) groups is 7. The molecule has 8 atom stereocenters. The van der Waals surface area contributed by atoms with Crippen LogP contribution >= 0.6 is 34.8 Å². The highest BCUT2D eigenvalue weighted by atomic mass is 35.5. The molecule has 0 aliphatic carbocycles. The molecule has 6 heterocycles. The predicted octanol–water partition coefficient (Wildman–Crippen LogP) is 5.11. The Morgan fingerprint density at radius 2 is 1.12 bits per heavy atom. The first kappa shape index (κ1) is 61.4. The zero-order chi connectivity index (χ0) is 64.5. The van der Waals surface area contributed by atoms with E-state index in [2.05, 4.69) is 31.9 Å². The smallest absolute Gasteiger partial charge is 0.446 e. The average molecular weight is 1310 g/mol. The van der Waals surface area contributed by atoms with Crippen molar-refractivity contribution in [1.29, 1.82) is 0 Å². The number of aliphatic hydroxyl groups excluding tert-OH is 1. The minimum Gasteiger partial charge on any atom is -0.508 e. The number of rotatable bonds is 3. The molecule has 6 aliphatic heterocycles. The van der Waals surface area contributed by atoms with Crippen molar-refractivity contribution in [2.75, 3.05) is 0 Å². The van der Waals surface area contributed by atoms with Crippen LogP contribution in [0.4, 0.5) is 0 Å². The van der Waals surface area contributed by atoms with Gasteiger partial charge in [-0.2, -0.15) is 8.42 Å². The lowest BCUT2D eigenvalue weighted by Gasteiger charge is -2.31. The highest BCUT2D eigenvalue weighted by molar-refractivity contribution is 7.81. The molecule has 0 saturated heterocycles. The number of amides is 6. The third kappa shape index (κ3) is 12.2. The molecule has 7 aromatic rings. The number of nitrogens with two attached hydrogens (primary N) is 1. The number of aliphatic carboxylic acids is 1. The molecule has 6 aliphatic rings. The molecule has 6 amide bonds. The summed E-state index contributed by atoms with van der Waals surface area (Å²) in [6.45, 7) is 0. The summed E-state index contributed by atoms with van der Waals surface area (Å²) in [6.07, 6.45) is -2.64. The average Bonchev–Trinajstić information content (AvgIpc) is 0.787. The van der Waals surface area contributed by atoms with Crippen molar-refractivity contribution in [3.63, 3.8) is 0 Å². The number of fused-ring (bicyclic) bond motifs is 14. The number of hydrogen-bond acceptors (Lipinski definition) is 20. The van der Waals surface area contributed by atoms with E-state index >= 15 is 19.2 Å². The number of aromatic hydroxyl groups is 5. The lowest BCUT2D eigenvalue weighted by Crippen LogP contribution is -2.55. The quantitative estimate of drug-likeness (QED) is 0.102. The number of aliphatic hydroxyl groups is 1. The largest absolute Gasteiger partial charge is 0.508 e. The van der Waals surface area contributed by atoms with Crippen LogP contribution in [0.3, 0.4) is 0 Å². The molecule has 464 valence electrons. The van der Waals surface area contributed by atoms with Crippen molar-refractivity contribution in [1.82, 2.24) is 31.9 Å². The number of nitrogens with one attached hydrogen (secondary N) is 6.